The van der Waals surface area contributed by atoms with Crippen molar-refractivity contribution in [1.82, 2.24) is 0 Å². The number of halogens is 8. The first-order valence-corrected chi connectivity index (χ1v) is 0. The van der Waals surface area contributed by atoms with Gasteiger partial charge in [-0.05, 0) is 0 Å². The van der Waals surface area contributed by atoms with Gasteiger partial charge in [-0.3, -0.25) is 0 Å². The van der Waals surface area contributed by atoms with Crippen LogP contribution in [0.1, 0.15) is 0 Å². The Morgan fingerprint density at radius 3 is 0.333 bits per heavy atom. The molecule has 0 saturated heterocycles. The van der Waals surface area contributed by atoms with Gasteiger partial charge < -0.3 is 37.6 Å². The summed E-state index contributed by atoms with van der Waals surface area (Å²) in [6.45, 7) is 0. The average Bonchev–Trinajstić information content (AvgIpc) is 0. The standard InChI is InChI=1S/Al.8FH.Li.2Sr/h;8*1H;;;/q+3;;;;;;;;;+1;2*+2/p-8. The van der Waals surface area contributed by atoms with Crippen LogP contribution in [-0.2, 0) is 0 Å². The Labute approximate surface area is 161 Å². The summed E-state index contributed by atoms with van der Waals surface area (Å²) in [5.41, 5.74) is 0. The van der Waals surface area contributed by atoms with Crippen LogP contribution >= 0.6 is 0 Å². The molecule has 0 saturated carbocycles. The second-order valence-electron chi connectivity index (χ2n) is 0. The summed E-state index contributed by atoms with van der Waals surface area (Å²) in [6.07, 6.45) is 0. The molecular formula is AlF8LiSr2. The van der Waals surface area contributed by atoms with Crippen molar-refractivity contribution in [3.8, 4) is 0 Å². The summed E-state index contributed by atoms with van der Waals surface area (Å²) < 4.78 is 0. The van der Waals surface area contributed by atoms with Gasteiger partial charge in [0.1, 0.15) is 0 Å². The van der Waals surface area contributed by atoms with E-state index in [2.05, 4.69) is 0 Å². The van der Waals surface area contributed by atoms with Crippen molar-refractivity contribution in [2.24, 2.45) is 0 Å². The summed E-state index contributed by atoms with van der Waals surface area (Å²) in [5.74, 6) is 0. The monoisotopic (exact) mass is 362 g/mol. The molecule has 0 N–H and O–H groups in total. The van der Waals surface area contributed by atoms with Crippen LogP contribution in [0, 0.1) is 0 Å². The molecule has 0 rings (SSSR count). The van der Waals surface area contributed by atoms with Crippen molar-refractivity contribution in [2.45, 2.75) is 0 Å². The molecule has 0 aliphatic rings. The van der Waals surface area contributed by atoms with Gasteiger partial charge in [-0.15, -0.1) is 0 Å². The first-order chi connectivity index (χ1) is 0. The number of hydrogen-bond donors (Lipinski definition) is 0. The fourth-order valence-corrected chi connectivity index (χ4v) is 0. The van der Waals surface area contributed by atoms with Crippen LogP contribution < -0.4 is 56.5 Å². The average molecular weight is 361 g/mol. The van der Waals surface area contributed by atoms with E-state index in [1.54, 1.807) is 0 Å². The van der Waals surface area contributed by atoms with Crippen LogP contribution in [0.25, 0.3) is 0 Å². The van der Waals surface area contributed by atoms with Crippen molar-refractivity contribution in [2.75, 3.05) is 0 Å². The molecule has 0 aromatic rings. The summed E-state index contributed by atoms with van der Waals surface area (Å²) in [6, 6.07) is 0. The molecule has 12 heteroatoms. The maximum atomic E-state index is 0. The maximum Gasteiger partial charge on any atom is 3.00 e. The first kappa shape index (κ1) is 263. The predicted octanol–water partition coefficient (Wildman–Crippen LogP) is -28.1. The Bertz CT molecular complexity index is 17.0. The Morgan fingerprint density at radius 2 is 0.333 bits per heavy atom. The van der Waals surface area contributed by atoms with Crippen molar-refractivity contribution in [3.05, 3.63) is 0 Å². The molecule has 0 fully saturated rings. The molecule has 0 atom stereocenters. The van der Waals surface area contributed by atoms with Crippen LogP contribution in [0.15, 0.2) is 0 Å². The molecule has 0 aromatic carbocycles. The molecular weight excluding hydrogens is 361 g/mol. The van der Waals surface area contributed by atoms with E-state index < -0.39 is 0 Å². The van der Waals surface area contributed by atoms with E-state index in [0.717, 1.165) is 0 Å². The zero-order valence-electron chi connectivity index (χ0n) is 6.02. The van der Waals surface area contributed by atoms with Crippen molar-refractivity contribution < 1.29 is 56.5 Å². The van der Waals surface area contributed by atoms with E-state index in [9.17, 15) is 0 Å². The molecule has 12 heavy (non-hydrogen) atoms. The van der Waals surface area contributed by atoms with E-state index in [1.165, 1.54) is 0 Å². The van der Waals surface area contributed by atoms with E-state index >= 15 is 0 Å². The number of rotatable bonds is 0. The van der Waals surface area contributed by atoms with Crippen LogP contribution in [0.4, 0.5) is 0 Å². The molecule has 0 nitrogen and oxygen atoms in total. The van der Waals surface area contributed by atoms with Gasteiger partial charge in [-0.25, -0.2) is 0 Å². The second-order valence-corrected chi connectivity index (χ2v) is 0. The van der Waals surface area contributed by atoms with Crippen LogP contribution in [0.5, 0.6) is 0 Å². The van der Waals surface area contributed by atoms with Crippen molar-refractivity contribution >= 4 is 108 Å². The van der Waals surface area contributed by atoms with Gasteiger partial charge in [0, 0.05) is 0 Å². The van der Waals surface area contributed by atoms with E-state index in [1.807, 2.05) is 0 Å². The Morgan fingerprint density at radius 1 is 0.333 bits per heavy atom. The normalized spacial score (nSPS) is 0. The third-order valence-corrected chi connectivity index (χ3v) is 0. The van der Waals surface area contributed by atoms with Crippen molar-refractivity contribution in [3.63, 3.8) is 0 Å². The molecule has 0 amide bonds. The Kier molecular flexibility index (Phi) is 4680. The third kappa shape index (κ3) is 170. The third-order valence-electron chi connectivity index (χ3n) is 0. The van der Waals surface area contributed by atoms with Gasteiger partial charge >= 0.3 is 127 Å². The first-order valence-electron chi connectivity index (χ1n) is 0. The molecule has 0 aromatic heterocycles. The smallest absolute Gasteiger partial charge is 1.00 e. The zero-order valence-corrected chi connectivity index (χ0v) is 14.1. The Balaban J connectivity index is 0. The quantitative estimate of drug-likeness (QED) is 0.297. The van der Waals surface area contributed by atoms with E-state index in [4.69, 9.17) is 0 Å². The van der Waals surface area contributed by atoms with Gasteiger partial charge in [-0.1, -0.05) is 0 Å². The second kappa shape index (κ2) is 213. The maximum absolute atomic E-state index is 0. The summed E-state index contributed by atoms with van der Waals surface area (Å²) >= 11 is 0. The van der Waals surface area contributed by atoms with Crippen LogP contribution in [-0.4, -0.2) is 108 Å². The summed E-state index contributed by atoms with van der Waals surface area (Å²) in [5, 5.41) is 0. The fourth-order valence-electron chi connectivity index (χ4n) is 0. The molecule has 0 bridgehead atoms. The topological polar surface area (TPSA) is 0 Å². The minimum atomic E-state index is 0. The minimum absolute atomic E-state index is 0. The fraction of sp³-hybridized carbons (Fsp3) is 0. The molecule has 64 valence electrons. The summed E-state index contributed by atoms with van der Waals surface area (Å²) in [4.78, 5) is 0. The van der Waals surface area contributed by atoms with Gasteiger partial charge in [0.25, 0.3) is 0 Å². The van der Waals surface area contributed by atoms with Crippen LogP contribution in [0.3, 0.4) is 0 Å². The van der Waals surface area contributed by atoms with Crippen LogP contribution in [0.2, 0.25) is 0 Å². The molecule has 0 aliphatic heterocycles. The molecule has 0 unspecified atom stereocenters. The summed E-state index contributed by atoms with van der Waals surface area (Å²) in [7, 11) is 0. The molecule has 0 aliphatic carbocycles. The Hall–Kier alpha value is 3.53. The zero-order chi connectivity index (χ0) is 0. The van der Waals surface area contributed by atoms with Gasteiger partial charge in [0.15, 0.2) is 0 Å². The van der Waals surface area contributed by atoms with Gasteiger partial charge in [0.05, 0.1) is 0 Å². The molecule has 0 heterocycles. The van der Waals surface area contributed by atoms with E-state index in [-0.39, 0.29) is 165 Å². The number of hydrogen-bond acceptors (Lipinski definition) is 0. The SMILES string of the molecule is [Al+3].[F-].[F-].[F-].[F-].[F-].[F-].[F-].[F-].[Li+].[Sr+2].[Sr+2]. The molecule has 0 radical (unpaired) electrons. The van der Waals surface area contributed by atoms with E-state index in [0.29, 0.717) is 0 Å². The van der Waals surface area contributed by atoms with Gasteiger partial charge in [-0.2, -0.15) is 0 Å². The molecule has 0 spiro atoms. The predicted molar refractivity (Wildman–Crippen MR) is 17.3 cm³/mol. The largest absolute Gasteiger partial charge is 3.00 e. The minimum Gasteiger partial charge on any atom is -1.00 e. The van der Waals surface area contributed by atoms with Crippen molar-refractivity contribution in [1.29, 1.82) is 0 Å². The van der Waals surface area contributed by atoms with Gasteiger partial charge in [0.2, 0.25) is 0 Å².